The molecule has 2 atom stereocenters. The van der Waals surface area contributed by atoms with Crippen LogP contribution in [0.1, 0.15) is 34.5 Å². The van der Waals surface area contributed by atoms with Gasteiger partial charge in [0.15, 0.2) is 31.3 Å². The number of aryl methyl sites for hydroxylation is 2. The molecule has 4 aromatic carbocycles. The number of ether oxygens (including phenoxy) is 4. The molecule has 8 aromatic rings. The predicted molar refractivity (Wildman–Crippen MR) is 362 cm³/mol. The van der Waals surface area contributed by atoms with Crippen molar-refractivity contribution in [3.05, 3.63) is 142 Å². The molecule has 8 rings (SSSR count). The maximum absolute atomic E-state index is 14.4. The predicted octanol–water partition coefficient (Wildman–Crippen LogP) is 9.84. The smallest absolute Gasteiger partial charge is 0.246 e. The van der Waals surface area contributed by atoms with Gasteiger partial charge in [-0.25, -0.2) is 42.3 Å². The van der Waals surface area contributed by atoms with E-state index in [2.05, 4.69) is 69.6 Å². The Hall–Kier alpha value is -7.01. The van der Waals surface area contributed by atoms with Crippen molar-refractivity contribution in [1.82, 2.24) is 39.5 Å². The maximum atomic E-state index is 14.4. The molecule has 0 fully saturated rings. The topological polar surface area (TPSA) is 308 Å². The maximum Gasteiger partial charge on any atom is 0.246 e. The number of hydrogen-bond donors (Lipinski definition) is 2. The number of nitrogens with zero attached hydrogens (tertiary/aromatic N) is 10. The van der Waals surface area contributed by atoms with Crippen molar-refractivity contribution in [2.45, 2.75) is 87.2 Å². The fourth-order valence-electron chi connectivity index (χ4n) is 9.69. The summed E-state index contributed by atoms with van der Waals surface area (Å²) in [5, 5.41) is 40.5. The van der Waals surface area contributed by atoms with Crippen LogP contribution in [0.2, 0.25) is 61.4 Å². The highest BCUT2D eigenvalue weighted by molar-refractivity contribution is 7.93. The highest BCUT2D eigenvalue weighted by Gasteiger charge is 2.38. The summed E-state index contributed by atoms with van der Waals surface area (Å²) in [7, 11) is -14.3. The lowest BCUT2D eigenvalue weighted by Crippen LogP contribution is -2.40. The number of aliphatic hydroxyl groups is 2. The van der Waals surface area contributed by atoms with E-state index in [4.69, 9.17) is 42.1 Å². The van der Waals surface area contributed by atoms with Gasteiger partial charge in [-0.15, -0.1) is 20.4 Å². The van der Waals surface area contributed by atoms with Crippen LogP contribution in [0, 0.1) is 13.8 Å². The van der Waals surface area contributed by atoms with Gasteiger partial charge >= 0.3 is 0 Å². The minimum Gasteiger partial charge on any atom is -0.494 e. The van der Waals surface area contributed by atoms with E-state index in [0.717, 1.165) is 32.2 Å². The molecule has 32 heteroatoms. The molecule has 24 nitrogen and oxygen atoms in total. The molecule has 0 aliphatic rings. The highest BCUT2D eigenvalue weighted by atomic mass is 35.5. The van der Waals surface area contributed by atoms with Crippen molar-refractivity contribution >= 4 is 91.0 Å². The number of sulfonamides is 2. The summed E-state index contributed by atoms with van der Waals surface area (Å²) in [4.78, 5) is 8.08. The summed E-state index contributed by atoms with van der Waals surface area (Å²) in [6.07, 6.45) is 5.07. The van der Waals surface area contributed by atoms with E-state index >= 15 is 0 Å². The Morgan fingerprint density at radius 2 is 0.826 bits per heavy atom. The normalized spacial score (nSPS) is 13.0. The van der Waals surface area contributed by atoms with Crippen LogP contribution in [-0.4, -0.2) is 165 Å². The lowest BCUT2D eigenvalue weighted by molar-refractivity contribution is 0.198. The number of rotatable bonds is 26. The Bertz CT molecular complexity index is 4130. The first-order valence-corrected chi connectivity index (χ1v) is 43.6. The quantitative estimate of drug-likeness (QED) is 0.0476. The van der Waals surface area contributed by atoms with Gasteiger partial charge in [0.25, 0.3) is 0 Å². The second kappa shape index (κ2) is 29.1. The van der Waals surface area contributed by atoms with Crippen molar-refractivity contribution in [3.63, 3.8) is 0 Å². The molecule has 0 bridgehead atoms. The van der Waals surface area contributed by atoms with Gasteiger partial charge in [-0.1, -0.05) is 86.7 Å². The zero-order valence-corrected chi connectivity index (χ0v) is 60.2. The molecule has 0 spiro atoms. The largest absolute Gasteiger partial charge is 0.494 e. The molecule has 0 aliphatic carbocycles. The monoisotopic (exact) mass is 1410 g/mol. The first kappa shape index (κ1) is 72.4. The van der Waals surface area contributed by atoms with Crippen LogP contribution < -0.4 is 27.6 Å². The molecule has 0 saturated heterocycles. The van der Waals surface area contributed by atoms with Gasteiger partial charge in [-0.2, -0.15) is 0 Å². The summed E-state index contributed by atoms with van der Waals surface area (Å²) in [5.74, 6) is 0.188. The molecule has 0 amide bonds. The molecule has 0 unspecified atom stereocenters. The van der Waals surface area contributed by atoms with Gasteiger partial charge in [0.05, 0.1) is 61.9 Å². The fraction of sp³-hybridized carbons (Fsp3) is 0.367. The Morgan fingerprint density at radius 1 is 0.500 bits per heavy atom. The third-order valence-corrected chi connectivity index (χ3v) is 24.0. The van der Waals surface area contributed by atoms with Crippen molar-refractivity contribution < 1.29 is 62.8 Å². The molecule has 496 valence electrons. The summed E-state index contributed by atoms with van der Waals surface area (Å²) >= 11 is 12.1. The molecular formula is C60H76Cl2N10O14S4Si2. The Kier molecular flexibility index (Phi) is 22.9. The Labute approximate surface area is 550 Å². The number of benzene rings is 4. The molecule has 0 radical (unpaired) electrons. The van der Waals surface area contributed by atoms with Gasteiger partial charge in [0.2, 0.25) is 31.9 Å². The molecule has 92 heavy (non-hydrogen) atoms. The van der Waals surface area contributed by atoms with Crippen molar-refractivity contribution in [3.8, 4) is 57.1 Å². The molecule has 4 aromatic heterocycles. The van der Waals surface area contributed by atoms with E-state index in [-0.39, 0.29) is 67.6 Å². The van der Waals surface area contributed by atoms with E-state index in [9.17, 15) is 43.9 Å². The van der Waals surface area contributed by atoms with E-state index in [1.54, 1.807) is 70.3 Å². The molecule has 4 heterocycles. The minimum atomic E-state index is -4.41. The summed E-state index contributed by atoms with van der Waals surface area (Å²) in [5.41, 5.74) is 3.36. The zero-order valence-electron chi connectivity index (χ0n) is 53.4. The molecule has 0 saturated carbocycles. The lowest BCUT2D eigenvalue weighted by atomic mass is 10.1. The van der Waals surface area contributed by atoms with Crippen molar-refractivity contribution in [2.24, 2.45) is 0 Å². The van der Waals surface area contributed by atoms with Crippen LogP contribution in [0.3, 0.4) is 0 Å². The SMILES string of the molecule is COc1cccc(OC)c1-n1c(-c2cncc(C)c2)nnc1N(CC[Si](C)(C)C)S(=O)(=O)C[C@@H](O)c1ccc(Cl)cc1S(C)(=O)=O.COc1cccc(OC)c1-n1c(-c2cncc(C)c2)nnc1N(CC[Si](C)(C)C)S(=O)(=O)C[C@H](O)c1ccc(Cl)cc1S(C)(=O)=O. The van der Waals surface area contributed by atoms with Gasteiger partial charge in [-0.3, -0.25) is 19.1 Å². The van der Waals surface area contributed by atoms with Crippen molar-refractivity contribution in [2.75, 3.05) is 74.2 Å². The standard InChI is InChI=1S/2C30H38ClN5O7S2Si/c2*1-20-15-21(18-32-17-20)29-33-34-30(36(29)28-25(42-2)9-8-10-26(28)43-3)35(13-14-46(5,6)7)45(40,41)19-24(37)23-12-11-22(31)16-27(23)44(4,38)39/h2*8-12,15-18,24,37H,13-14,19H2,1-7H3/t2*24-/m10/s1. The number of para-hydroxylation sites is 2. The number of halogens is 2. The van der Waals surface area contributed by atoms with Crippen LogP contribution in [-0.2, 0) is 39.7 Å². The van der Waals surface area contributed by atoms with Gasteiger partial charge < -0.3 is 29.2 Å². The Morgan fingerprint density at radius 3 is 1.11 bits per heavy atom. The number of hydrogen-bond acceptors (Lipinski definition) is 20. The first-order valence-electron chi connectivity index (χ1n) is 28.5. The summed E-state index contributed by atoms with van der Waals surface area (Å²) in [6, 6.07) is 22.9. The van der Waals surface area contributed by atoms with E-state index < -0.39 is 79.6 Å². The van der Waals surface area contributed by atoms with Crippen LogP contribution >= 0.6 is 23.2 Å². The number of sulfone groups is 2. The third kappa shape index (κ3) is 17.4. The number of pyridine rings is 2. The summed E-state index contributed by atoms with van der Waals surface area (Å²) < 4.78 is 136. The van der Waals surface area contributed by atoms with Crippen LogP contribution in [0.25, 0.3) is 34.2 Å². The molecule has 2 N–H and O–H groups in total. The first-order chi connectivity index (χ1) is 42.9. The number of aliphatic hydroxyl groups excluding tert-OH is 2. The van der Waals surface area contributed by atoms with Gasteiger partial charge in [-0.05, 0) is 97.7 Å². The van der Waals surface area contributed by atoms with Crippen LogP contribution in [0.15, 0.2) is 120 Å². The molecular weight excluding hydrogens is 1340 g/mol. The third-order valence-electron chi connectivity index (χ3n) is 14.3. The zero-order chi connectivity index (χ0) is 68.1. The van der Waals surface area contributed by atoms with E-state index in [0.29, 0.717) is 57.6 Å². The number of aromatic nitrogens is 8. The second-order valence-corrected chi connectivity index (χ2v) is 44.1. The van der Waals surface area contributed by atoms with E-state index in [1.165, 1.54) is 64.8 Å². The van der Waals surface area contributed by atoms with Crippen LogP contribution in [0.5, 0.6) is 23.0 Å². The number of anilines is 2. The second-order valence-electron chi connectivity index (χ2n) is 24.1. The average Bonchev–Trinajstić information content (AvgIpc) is 1.53. The van der Waals surface area contributed by atoms with Gasteiger partial charge in [0.1, 0.15) is 34.4 Å². The van der Waals surface area contributed by atoms with Crippen molar-refractivity contribution in [1.29, 1.82) is 0 Å². The van der Waals surface area contributed by atoms with Crippen LogP contribution in [0.4, 0.5) is 11.9 Å². The fourth-order valence-corrected chi connectivity index (χ4v) is 17.2. The number of methoxy groups -OCH3 is 4. The molecule has 0 aliphatic heterocycles. The van der Waals surface area contributed by atoms with E-state index in [1.807, 2.05) is 26.0 Å². The lowest BCUT2D eigenvalue weighted by Gasteiger charge is -2.28. The highest BCUT2D eigenvalue weighted by Crippen LogP contribution is 2.42. The van der Waals surface area contributed by atoms with Gasteiger partial charge in [0, 0.05) is 98.8 Å². The average molecular weight is 1420 g/mol. The summed E-state index contributed by atoms with van der Waals surface area (Å²) in [6.45, 7) is 16.4. The minimum absolute atomic E-state index is 0.0198. The Balaban J connectivity index is 0.000000261.